The molecule has 1 saturated carbocycles. The first-order valence-corrected chi connectivity index (χ1v) is 6.67. The van der Waals surface area contributed by atoms with Crippen LogP contribution in [0.2, 0.25) is 0 Å². The molecule has 1 aromatic rings. The minimum absolute atomic E-state index is 0.0853. The van der Waals surface area contributed by atoms with Crippen molar-refractivity contribution in [3.8, 4) is 6.07 Å². The Morgan fingerprint density at radius 1 is 1.48 bits per heavy atom. The average molecular weight is 316 g/mol. The highest BCUT2D eigenvalue weighted by Gasteiger charge is 2.43. The highest BCUT2D eigenvalue weighted by atomic mass is 31.0. The van der Waals surface area contributed by atoms with Gasteiger partial charge in [-0.3, -0.25) is 9.88 Å². The SMILES string of the molecule is N#Cc1ncc(NC(=O)C2(NP)CCC2)cc1C(F)(F)F. The molecule has 1 unspecified atom stereocenters. The molecule has 1 amide bonds. The van der Waals surface area contributed by atoms with Gasteiger partial charge in [0.1, 0.15) is 11.6 Å². The van der Waals surface area contributed by atoms with Gasteiger partial charge in [0.2, 0.25) is 5.91 Å². The van der Waals surface area contributed by atoms with E-state index in [9.17, 15) is 18.0 Å². The van der Waals surface area contributed by atoms with E-state index in [1.807, 2.05) is 0 Å². The summed E-state index contributed by atoms with van der Waals surface area (Å²) in [5.74, 6) is -0.414. The highest BCUT2D eigenvalue weighted by molar-refractivity contribution is 7.13. The van der Waals surface area contributed by atoms with Gasteiger partial charge in [-0.2, -0.15) is 18.4 Å². The fourth-order valence-corrected chi connectivity index (χ4v) is 2.48. The first-order valence-electron chi connectivity index (χ1n) is 6.09. The second kappa shape index (κ2) is 5.58. The van der Waals surface area contributed by atoms with Gasteiger partial charge in [0.25, 0.3) is 0 Å². The number of nitrogens with one attached hydrogen (secondary N) is 2. The summed E-state index contributed by atoms with van der Waals surface area (Å²) in [6, 6.07) is 2.11. The molecule has 0 radical (unpaired) electrons. The van der Waals surface area contributed by atoms with Crippen molar-refractivity contribution in [3.63, 3.8) is 0 Å². The molecular weight excluding hydrogens is 304 g/mol. The molecule has 1 fully saturated rings. The standard InChI is InChI=1S/C12H12F3N4OP/c13-12(14,15)8-4-7(6-17-9(8)5-16)18-10(20)11(19-21)2-1-3-11/h4,6,19H,1-3,21H2,(H,18,20). The number of nitriles is 1. The second-order valence-corrected chi connectivity index (χ2v) is 5.05. The largest absolute Gasteiger partial charge is 0.419 e. The third-order valence-electron chi connectivity index (χ3n) is 3.47. The Morgan fingerprint density at radius 2 is 2.14 bits per heavy atom. The third kappa shape index (κ3) is 2.99. The molecule has 1 aliphatic carbocycles. The lowest BCUT2D eigenvalue weighted by molar-refractivity contribution is -0.138. The zero-order chi connectivity index (χ0) is 15.7. The molecule has 0 aliphatic heterocycles. The minimum atomic E-state index is -4.70. The molecule has 0 saturated heterocycles. The number of hydrogen-bond acceptors (Lipinski definition) is 4. The van der Waals surface area contributed by atoms with Crippen molar-refractivity contribution in [3.05, 3.63) is 23.5 Å². The number of hydrogen-bond donors (Lipinski definition) is 2. The zero-order valence-electron chi connectivity index (χ0n) is 10.8. The number of nitrogens with zero attached hydrogens (tertiary/aromatic N) is 2. The molecule has 1 atom stereocenters. The van der Waals surface area contributed by atoms with E-state index in [1.54, 1.807) is 0 Å². The van der Waals surface area contributed by atoms with Gasteiger partial charge in [-0.05, 0) is 25.3 Å². The van der Waals surface area contributed by atoms with Crippen LogP contribution in [0.4, 0.5) is 18.9 Å². The summed E-state index contributed by atoms with van der Waals surface area (Å²) in [6.45, 7) is 0. The van der Waals surface area contributed by atoms with Gasteiger partial charge in [0.05, 0.1) is 17.4 Å². The summed E-state index contributed by atoms with van der Waals surface area (Å²) < 4.78 is 38.4. The van der Waals surface area contributed by atoms with E-state index in [0.29, 0.717) is 12.8 Å². The number of rotatable bonds is 3. The number of anilines is 1. The lowest BCUT2D eigenvalue weighted by atomic mass is 9.77. The van der Waals surface area contributed by atoms with E-state index >= 15 is 0 Å². The number of carbonyl (C=O) groups excluding carboxylic acids is 1. The Labute approximate surface area is 121 Å². The van der Waals surface area contributed by atoms with E-state index < -0.39 is 28.9 Å². The summed E-state index contributed by atoms with van der Waals surface area (Å²) in [6.07, 6.45) is -1.57. The fourth-order valence-electron chi connectivity index (χ4n) is 2.06. The Balaban J connectivity index is 2.26. The quantitative estimate of drug-likeness (QED) is 0.838. The summed E-state index contributed by atoms with van der Waals surface area (Å²) in [4.78, 5) is 15.5. The van der Waals surface area contributed by atoms with Crippen LogP contribution in [0.1, 0.15) is 30.5 Å². The van der Waals surface area contributed by atoms with Crippen molar-refractivity contribution in [2.24, 2.45) is 0 Å². The maximum absolute atomic E-state index is 12.8. The topological polar surface area (TPSA) is 77.8 Å². The lowest BCUT2D eigenvalue weighted by Gasteiger charge is -2.39. The van der Waals surface area contributed by atoms with Crippen molar-refractivity contribution in [1.82, 2.24) is 10.1 Å². The molecule has 1 aliphatic rings. The molecule has 0 spiro atoms. The minimum Gasteiger partial charge on any atom is -0.323 e. The molecule has 1 aromatic heterocycles. The number of alkyl halides is 3. The predicted octanol–water partition coefficient (Wildman–Crippen LogP) is 2.21. The first kappa shape index (κ1) is 15.7. The van der Waals surface area contributed by atoms with Crippen LogP contribution in [-0.2, 0) is 11.0 Å². The van der Waals surface area contributed by atoms with Crippen molar-refractivity contribution < 1.29 is 18.0 Å². The zero-order valence-corrected chi connectivity index (χ0v) is 11.9. The maximum atomic E-state index is 12.8. The van der Waals surface area contributed by atoms with E-state index in [2.05, 4.69) is 24.8 Å². The Kier molecular flexibility index (Phi) is 4.17. The van der Waals surface area contributed by atoms with Crippen LogP contribution in [0.15, 0.2) is 12.3 Å². The van der Waals surface area contributed by atoms with Crippen LogP contribution in [-0.4, -0.2) is 16.4 Å². The van der Waals surface area contributed by atoms with Gasteiger partial charge >= 0.3 is 6.18 Å². The maximum Gasteiger partial charge on any atom is 0.419 e. The van der Waals surface area contributed by atoms with E-state index in [-0.39, 0.29) is 5.69 Å². The molecule has 9 heteroatoms. The highest BCUT2D eigenvalue weighted by Crippen LogP contribution is 2.35. The number of halogens is 3. The molecule has 0 aromatic carbocycles. The molecular formula is C12H12F3N4OP. The summed E-state index contributed by atoms with van der Waals surface area (Å²) in [7, 11) is 2.25. The van der Waals surface area contributed by atoms with Gasteiger partial charge in [-0.15, -0.1) is 0 Å². The van der Waals surface area contributed by atoms with E-state index in [4.69, 9.17) is 5.26 Å². The lowest BCUT2D eigenvalue weighted by Crippen LogP contribution is -2.55. The van der Waals surface area contributed by atoms with Crippen LogP contribution >= 0.6 is 9.39 Å². The summed E-state index contributed by atoms with van der Waals surface area (Å²) >= 11 is 0. The molecule has 21 heavy (non-hydrogen) atoms. The number of carbonyl (C=O) groups is 1. The Morgan fingerprint density at radius 3 is 2.57 bits per heavy atom. The van der Waals surface area contributed by atoms with Crippen LogP contribution in [0.3, 0.4) is 0 Å². The van der Waals surface area contributed by atoms with Gasteiger partial charge in [0.15, 0.2) is 5.69 Å². The van der Waals surface area contributed by atoms with Gasteiger partial charge in [-0.25, -0.2) is 4.98 Å². The van der Waals surface area contributed by atoms with E-state index in [1.165, 1.54) is 6.07 Å². The molecule has 0 bridgehead atoms. The summed E-state index contributed by atoms with van der Waals surface area (Å²) in [5.41, 5.74) is -2.73. The Bertz CT molecular complexity index is 602. The molecule has 5 nitrogen and oxygen atoms in total. The van der Waals surface area contributed by atoms with Crippen LogP contribution in [0, 0.1) is 11.3 Å². The second-order valence-electron chi connectivity index (χ2n) is 4.76. The van der Waals surface area contributed by atoms with Crippen molar-refractivity contribution >= 4 is 21.0 Å². The van der Waals surface area contributed by atoms with Crippen LogP contribution < -0.4 is 10.4 Å². The third-order valence-corrected chi connectivity index (χ3v) is 4.03. The van der Waals surface area contributed by atoms with Crippen molar-refractivity contribution in [2.75, 3.05) is 5.32 Å². The number of aromatic nitrogens is 1. The predicted molar refractivity (Wildman–Crippen MR) is 72.0 cm³/mol. The smallest absolute Gasteiger partial charge is 0.323 e. The molecule has 112 valence electrons. The fraction of sp³-hybridized carbons (Fsp3) is 0.417. The van der Waals surface area contributed by atoms with Crippen LogP contribution in [0.25, 0.3) is 0 Å². The Hall–Kier alpha value is -1.71. The first-order chi connectivity index (χ1) is 9.82. The summed E-state index contributed by atoms with van der Waals surface area (Å²) in [5, 5.41) is 13.9. The van der Waals surface area contributed by atoms with Gasteiger partial charge < -0.3 is 5.32 Å². The molecule has 2 rings (SSSR count). The monoisotopic (exact) mass is 316 g/mol. The van der Waals surface area contributed by atoms with Crippen molar-refractivity contribution in [1.29, 1.82) is 5.26 Å². The normalized spacial score (nSPS) is 16.7. The van der Waals surface area contributed by atoms with E-state index in [0.717, 1.165) is 18.7 Å². The average Bonchev–Trinajstić information content (AvgIpc) is 2.37. The van der Waals surface area contributed by atoms with Gasteiger partial charge in [-0.1, -0.05) is 9.39 Å². The van der Waals surface area contributed by atoms with Crippen LogP contribution in [0.5, 0.6) is 0 Å². The molecule has 2 N–H and O–H groups in total. The molecule has 1 heterocycles. The van der Waals surface area contributed by atoms with Crippen molar-refractivity contribution in [2.45, 2.75) is 31.0 Å². The number of amides is 1. The van der Waals surface area contributed by atoms with Gasteiger partial charge in [0, 0.05) is 0 Å². The number of pyridine rings is 1.